The lowest BCUT2D eigenvalue weighted by molar-refractivity contribution is 0.102. The largest absolute Gasteiger partial charge is 0.382 e. The molecule has 11 nitrogen and oxygen atoms in total. The van der Waals surface area contributed by atoms with E-state index in [0.29, 0.717) is 30.7 Å². The maximum absolute atomic E-state index is 14.7. The Morgan fingerprint density at radius 1 is 1.34 bits per heavy atom. The van der Waals surface area contributed by atoms with Crippen LogP contribution in [-0.2, 0) is 17.2 Å². The van der Waals surface area contributed by atoms with Crippen LogP contribution in [0.1, 0.15) is 48.9 Å². The average molecular weight is 522 g/mol. The van der Waals surface area contributed by atoms with Gasteiger partial charge in [-0.2, -0.15) is 5.10 Å². The number of hydrogen-bond donors (Lipinski definition) is 4. The van der Waals surface area contributed by atoms with Crippen LogP contribution in [0.4, 0.5) is 27.5 Å². The number of nitrogens with one attached hydrogen (secondary N) is 3. The Balaban J connectivity index is 1.60. The molecule has 3 heterocycles. The van der Waals surface area contributed by atoms with E-state index in [0.717, 1.165) is 12.1 Å². The van der Waals surface area contributed by atoms with Crippen molar-refractivity contribution < 1.29 is 13.9 Å². The summed E-state index contributed by atoms with van der Waals surface area (Å²) in [4.78, 5) is 26.0. The van der Waals surface area contributed by atoms with E-state index in [2.05, 4.69) is 42.6 Å². The minimum absolute atomic E-state index is 0.0691. The highest BCUT2D eigenvalue weighted by Gasteiger charge is 2.21. The summed E-state index contributed by atoms with van der Waals surface area (Å²) in [5.74, 6) is -0.302. The first-order valence-corrected chi connectivity index (χ1v) is 12.1. The number of aliphatic imine (C=N–C) groups is 1. The first-order chi connectivity index (χ1) is 18.0. The number of halogens is 1. The number of carbonyl (C=O) groups excluding carboxylic acids is 1. The summed E-state index contributed by atoms with van der Waals surface area (Å²) in [6, 6.07) is 5.76. The Bertz CT molecular complexity index is 1370. The van der Waals surface area contributed by atoms with Crippen LogP contribution in [0, 0.1) is 5.82 Å². The summed E-state index contributed by atoms with van der Waals surface area (Å²) in [6.45, 7) is 11.0. The van der Waals surface area contributed by atoms with E-state index in [1.807, 2.05) is 26.8 Å². The fourth-order valence-electron chi connectivity index (χ4n) is 3.75. The molecule has 1 fully saturated rings. The van der Waals surface area contributed by atoms with E-state index in [1.165, 1.54) is 30.6 Å². The van der Waals surface area contributed by atoms with Gasteiger partial charge in [0.2, 0.25) is 5.95 Å². The van der Waals surface area contributed by atoms with E-state index in [9.17, 15) is 9.18 Å². The number of aromatic nitrogens is 4. The van der Waals surface area contributed by atoms with Gasteiger partial charge in [-0.1, -0.05) is 27.4 Å². The van der Waals surface area contributed by atoms with Crippen LogP contribution in [0.5, 0.6) is 0 Å². The number of ether oxygens (including phenoxy) is 1. The predicted octanol–water partition coefficient (Wildman–Crippen LogP) is 3.69. The highest BCUT2D eigenvalue weighted by molar-refractivity contribution is 6.05. The molecule has 38 heavy (non-hydrogen) atoms. The Morgan fingerprint density at radius 3 is 2.79 bits per heavy atom. The Labute approximate surface area is 220 Å². The molecule has 1 aliphatic heterocycles. The van der Waals surface area contributed by atoms with Crippen LogP contribution in [0.15, 0.2) is 48.2 Å². The molecule has 3 aromatic rings. The highest BCUT2D eigenvalue weighted by atomic mass is 19.1. The van der Waals surface area contributed by atoms with E-state index in [1.54, 1.807) is 11.7 Å². The molecule has 1 saturated heterocycles. The lowest BCUT2D eigenvalue weighted by Crippen LogP contribution is -2.23. The van der Waals surface area contributed by atoms with Crippen molar-refractivity contribution in [1.29, 1.82) is 0 Å². The van der Waals surface area contributed by atoms with Gasteiger partial charge >= 0.3 is 0 Å². The normalized spacial score (nSPS) is 15.8. The molecular weight excluding hydrogens is 489 g/mol. The van der Waals surface area contributed by atoms with Crippen molar-refractivity contribution in [2.75, 3.05) is 29.2 Å². The molecular formula is C26H32FN9O2. The molecule has 1 aromatic carbocycles. The maximum atomic E-state index is 14.7. The van der Waals surface area contributed by atoms with Crippen molar-refractivity contribution in [2.24, 2.45) is 17.8 Å². The molecule has 12 heteroatoms. The third kappa shape index (κ3) is 6.14. The molecule has 0 saturated carbocycles. The Morgan fingerprint density at radius 2 is 2.13 bits per heavy atom. The van der Waals surface area contributed by atoms with Crippen molar-refractivity contribution in [3.8, 4) is 0 Å². The molecule has 1 aliphatic rings. The van der Waals surface area contributed by atoms with Crippen molar-refractivity contribution in [1.82, 2.24) is 19.7 Å². The molecule has 1 unspecified atom stereocenters. The van der Waals surface area contributed by atoms with Gasteiger partial charge in [0, 0.05) is 30.7 Å². The van der Waals surface area contributed by atoms with Crippen LogP contribution >= 0.6 is 0 Å². The van der Waals surface area contributed by atoms with Gasteiger partial charge in [0.15, 0.2) is 5.84 Å². The minimum Gasteiger partial charge on any atom is -0.382 e. The molecule has 4 rings (SSSR count). The van der Waals surface area contributed by atoms with Gasteiger partial charge in [-0.05, 0) is 30.8 Å². The first-order valence-electron chi connectivity index (χ1n) is 12.1. The highest BCUT2D eigenvalue weighted by Crippen LogP contribution is 2.25. The van der Waals surface area contributed by atoms with Gasteiger partial charge < -0.3 is 26.4 Å². The SMILES string of the molecule is C=CNc1cnc(NC2CCOC2)nc1C(N)=Nc1cc(C(=O)Nc2cc(C(C)(C)C)nn2C)ccc1F. The van der Waals surface area contributed by atoms with Crippen molar-refractivity contribution in [3.05, 3.63) is 66.0 Å². The van der Waals surface area contributed by atoms with E-state index >= 15 is 0 Å². The van der Waals surface area contributed by atoms with Gasteiger partial charge in [0.05, 0.1) is 30.2 Å². The second-order valence-corrected chi connectivity index (χ2v) is 9.91. The molecule has 200 valence electrons. The number of amides is 1. The standard InChI is InChI=1S/C26H32FN9O2/c1-6-29-19-13-30-25(31-16-9-10-38-14-16)34-22(19)23(28)32-18-11-15(7-8-17(18)27)24(37)33-21-12-20(26(2,3)4)35-36(21)5/h6-8,11-13,16,29H,1,9-10,14H2,2-5H3,(H2,28,32)(H,33,37)(H,30,31,34). The number of hydrogen-bond acceptors (Lipinski definition) is 8. The Hall–Kier alpha value is -4.32. The number of nitrogens with two attached hydrogens (primary N) is 1. The summed E-state index contributed by atoms with van der Waals surface area (Å²) in [5.41, 5.74) is 7.69. The predicted molar refractivity (Wildman–Crippen MR) is 145 cm³/mol. The Kier molecular flexibility index (Phi) is 7.72. The quantitative estimate of drug-likeness (QED) is 0.259. The molecule has 0 radical (unpaired) electrons. The fraction of sp³-hybridized carbons (Fsp3) is 0.346. The van der Waals surface area contributed by atoms with Gasteiger partial charge in [-0.15, -0.1) is 0 Å². The van der Waals surface area contributed by atoms with Crippen LogP contribution in [-0.4, -0.2) is 50.7 Å². The topological polar surface area (TPSA) is 144 Å². The van der Waals surface area contributed by atoms with Crippen LogP contribution in [0.25, 0.3) is 0 Å². The zero-order chi connectivity index (χ0) is 27.4. The number of carbonyl (C=O) groups is 1. The lowest BCUT2D eigenvalue weighted by atomic mass is 9.92. The number of nitrogens with zero attached hydrogens (tertiary/aromatic N) is 5. The number of anilines is 3. The monoisotopic (exact) mass is 521 g/mol. The fourth-order valence-corrected chi connectivity index (χ4v) is 3.75. The van der Waals surface area contributed by atoms with Crippen molar-refractivity contribution >= 4 is 34.9 Å². The summed E-state index contributed by atoms with van der Waals surface area (Å²) in [6.07, 6.45) is 3.80. The molecule has 1 atom stereocenters. The summed E-state index contributed by atoms with van der Waals surface area (Å²) in [5, 5.41) is 13.4. The summed E-state index contributed by atoms with van der Waals surface area (Å²) in [7, 11) is 1.74. The summed E-state index contributed by atoms with van der Waals surface area (Å²) < 4.78 is 21.7. The first kappa shape index (κ1) is 26.7. The zero-order valence-corrected chi connectivity index (χ0v) is 21.9. The third-order valence-electron chi connectivity index (χ3n) is 5.89. The van der Waals surface area contributed by atoms with Gasteiger partial charge in [0.25, 0.3) is 5.91 Å². The van der Waals surface area contributed by atoms with Gasteiger partial charge in [-0.25, -0.2) is 19.4 Å². The second-order valence-electron chi connectivity index (χ2n) is 9.91. The van der Waals surface area contributed by atoms with Gasteiger partial charge in [-0.3, -0.25) is 9.48 Å². The molecule has 1 amide bonds. The number of benzene rings is 1. The molecule has 5 N–H and O–H groups in total. The smallest absolute Gasteiger partial charge is 0.256 e. The van der Waals surface area contributed by atoms with Crippen LogP contribution < -0.4 is 21.7 Å². The molecule has 0 aliphatic carbocycles. The average Bonchev–Trinajstić information content (AvgIpc) is 3.51. The van der Waals surface area contributed by atoms with E-state index in [4.69, 9.17) is 10.5 Å². The van der Waals surface area contributed by atoms with Gasteiger partial charge in [0.1, 0.15) is 23.0 Å². The number of amidine groups is 1. The molecule has 0 spiro atoms. The second kappa shape index (κ2) is 11.0. The number of aryl methyl sites for hydroxylation is 1. The third-order valence-corrected chi connectivity index (χ3v) is 5.89. The van der Waals surface area contributed by atoms with Crippen LogP contribution in [0.2, 0.25) is 0 Å². The van der Waals surface area contributed by atoms with Crippen molar-refractivity contribution in [2.45, 2.75) is 38.6 Å². The molecule has 2 aromatic heterocycles. The van der Waals surface area contributed by atoms with E-state index < -0.39 is 11.7 Å². The van der Waals surface area contributed by atoms with Crippen molar-refractivity contribution in [3.63, 3.8) is 0 Å². The zero-order valence-electron chi connectivity index (χ0n) is 21.9. The lowest BCUT2D eigenvalue weighted by Gasteiger charge is -2.14. The molecule has 0 bridgehead atoms. The number of rotatable bonds is 8. The maximum Gasteiger partial charge on any atom is 0.256 e. The minimum atomic E-state index is -0.645. The summed E-state index contributed by atoms with van der Waals surface area (Å²) >= 11 is 0. The van der Waals surface area contributed by atoms with E-state index in [-0.39, 0.29) is 34.2 Å². The van der Waals surface area contributed by atoms with Crippen LogP contribution in [0.3, 0.4) is 0 Å².